The highest BCUT2D eigenvalue weighted by molar-refractivity contribution is 6.11. The average Bonchev–Trinajstić information content (AvgIpc) is 2.71. The number of rotatable bonds is 3. The summed E-state index contributed by atoms with van der Waals surface area (Å²) in [5.41, 5.74) is 4.03. The van der Waals surface area contributed by atoms with E-state index in [0.717, 1.165) is 16.8 Å². The Morgan fingerprint density at radius 3 is 2.42 bits per heavy atom. The van der Waals surface area contributed by atoms with Gasteiger partial charge in [0.2, 0.25) is 0 Å². The number of methoxy groups -OCH3 is 1. The lowest BCUT2D eigenvalue weighted by atomic mass is 9.98. The van der Waals surface area contributed by atoms with E-state index in [1.807, 2.05) is 32.9 Å². The van der Waals surface area contributed by atoms with Crippen molar-refractivity contribution in [3.8, 4) is 5.75 Å². The van der Waals surface area contributed by atoms with Gasteiger partial charge in [-0.25, -0.2) is 0 Å². The fraction of sp³-hybridized carbons (Fsp3) is 0.333. The molecule has 0 atom stereocenters. The molecule has 0 radical (unpaired) electrons. The number of nitrogens with zero attached hydrogens (tertiary/aromatic N) is 2. The summed E-state index contributed by atoms with van der Waals surface area (Å²) in [5, 5.41) is 4.21. The smallest absolute Gasteiger partial charge is 0.200 e. The zero-order chi connectivity index (χ0) is 14.2. The number of aryl methyl sites for hydroxylation is 3. The van der Waals surface area contributed by atoms with Crippen LogP contribution in [0.3, 0.4) is 0 Å². The quantitative estimate of drug-likeness (QED) is 0.795. The minimum Gasteiger partial charge on any atom is -0.496 e. The Labute approximate surface area is 113 Å². The molecule has 0 aliphatic carbocycles. The number of aromatic nitrogens is 2. The maximum Gasteiger partial charge on any atom is 0.200 e. The largest absolute Gasteiger partial charge is 0.496 e. The summed E-state index contributed by atoms with van der Waals surface area (Å²) in [4.78, 5) is 12.6. The summed E-state index contributed by atoms with van der Waals surface area (Å²) in [5.74, 6) is 0.596. The molecule has 0 bridgehead atoms. The van der Waals surface area contributed by atoms with Crippen LogP contribution in [0.5, 0.6) is 5.75 Å². The van der Waals surface area contributed by atoms with Crippen LogP contribution < -0.4 is 4.74 Å². The zero-order valence-electron chi connectivity index (χ0n) is 11.9. The summed E-state index contributed by atoms with van der Waals surface area (Å²) in [6.45, 7) is 5.79. The van der Waals surface area contributed by atoms with Gasteiger partial charge in [0.15, 0.2) is 5.78 Å². The lowest BCUT2D eigenvalue weighted by Crippen LogP contribution is -2.06. The number of benzene rings is 1. The summed E-state index contributed by atoms with van der Waals surface area (Å²) < 4.78 is 7.05. The van der Waals surface area contributed by atoms with E-state index in [1.54, 1.807) is 25.0 Å². The summed E-state index contributed by atoms with van der Waals surface area (Å²) >= 11 is 0. The van der Waals surface area contributed by atoms with Crippen molar-refractivity contribution >= 4 is 5.78 Å². The molecule has 1 aromatic carbocycles. The van der Waals surface area contributed by atoms with Crippen molar-refractivity contribution in [1.82, 2.24) is 9.78 Å². The van der Waals surface area contributed by atoms with Crippen molar-refractivity contribution in [3.05, 3.63) is 46.3 Å². The van der Waals surface area contributed by atoms with Gasteiger partial charge < -0.3 is 4.74 Å². The third kappa shape index (κ3) is 2.26. The van der Waals surface area contributed by atoms with Crippen molar-refractivity contribution in [1.29, 1.82) is 0 Å². The molecule has 0 amide bonds. The van der Waals surface area contributed by atoms with E-state index in [-0.39, 0.29) is 5.78 Å². The normalized spacial score (nSPS) is 10.6. The average molecular weight is 258 g/mol. The molecule has 2 rings (SSSR count). The molecular formula is C15H18N2O2. The number of hydrogen-bond acceptors (Lipinski definition) is 3. The first-order chi connectivity index (χ1) is 8.95. The standard InChI is InChI=1S/C15H18N2O2/c1-9-6-7-12(15(19-5)10(9)2)14(18)13-8-17(4)16-11(13)3/h6-8H,1-5H3. The molecule has 0 unspecified atom stereocenters. The number of ketones is 1. The topological polar surface area (TPSA) is 44.1 Å². The molecule has 19 heavy (non-hydrogen) atoms. The second-order valence-corrected chi connectivity index (χ2v) is 4.72. The monoisotopic (exact) mass is 258 g/mol. The van der Waals surface area contributed by atoms with Crippen molar-refractivity contribution in [2.45, 2.75) is 20.8 Å². The van der Waals surface area contributed by atoms with Crippen LogP contribution >= 0.6 is 0 Å². The molecular weight excluding hydrogens is 240 g/mol. The first kappa shape index (κ1) is 13.3. The Kier molecular flexibility index (Phi) is 3.42. The molecule has 100 valence electrons. The molecule has 2 aromatic rings. The lowest BCUT2D eigenvalue weighted by molar-refractivity contribution is 0.103. The maximum absolute atomic E-state index is 12.6. The number of carbonyl (C=O) groups excluding carboxylic acids is 1. The van der Waals surface area contributed by atoms with Gasteiger partial charge in [-0.2, -0.15) is 5.10 Å². The van der Waals surface area contributed by atoms with E-state index < -0.39 is 0 Å². The second-order valence-electron chi connectivity index (χ2n) is 4.72. The second kappa shape index (κ2) is 4.88. The number of carbonyl (C=O) groups is 1. The van der Waals surface area contributed by atoms with Crippen LogP contribution in [0, 0.1) is 20.8 Å². The molecule has 0 spiro atoms. The van der Waals surface area contributed by atoms with E-state index >= 15 is 0 Å². The predicted octanol–water partition coefficient (Wildman–Crippen LogP) is 2.58. The van der Waals surface area contributed by atoms with E-state index in [4.69, 9.17) is 4.74 Å². The highest BCUT2D eigenvalue weighted by atomic mass is 16.5. The molecule has 1 heterocycles. The van der Waals surface area contributed by atoms with Gasteiger partial charge >= 0.3 is 0 Å². The Bertz CT molecular complexity index is 642. The molecule has 0 saturated carbocycles. The molecule has 1 aromatic heterocycles. The van der Waals surface area contributed by atoms with Crippen molar-refractivity contribution in [2.75, 3.05) is 7.11 Å². The van der Waals surface area contributed by atoms with Crippen LogP contribution in [0.25, 0.3) is 0 Å². The highest BCUT2D eigenvalue weighted by Crippen LogP contribution is 2.28. The van der Waals surface area contributed by atoms with Crippen LogP contribution in [0.4, 0.5) is 0 Å². The lowest BCUT2D eigenvalue weighted by Gasteiger charge is -2.12. The minimum absolute atomic E-state index is 0.0504. The molecule has 0 saturated heterocycles. The van der Waals surface area contributed by atoms with Gasteiger partial charge in [0.25, 0.3) is 0 Å². The predicted molar refractivity (Wildman–Crippen MR) is 73.8 cm³/mol. The molecule has 0 N–H and O–H groups in total. The molecule has 4 heteroatoms. The molecule has 4 nitrogen and oxygen atoms in total. The van der Waals surface area contributed by atoms with Gasteiger partial charge in [-0.1, -0.05) is 6.07 Å². The van der Waals surface area contributed by atoms with Crippen molar-refractivity contribution in [2.24, 2.45) is 7.05 Å². The first-order valence-corrected chi connectivity index (χ1v) is 6.14. The fourth-order valence-corrected chi connectivity index (χ4v) is 2.20. The van der Waals surface area contributed by atoms with Crippen LogP contribution in [-0.2, 0) is 7.05 Å². The van der Waals surface area contributed by atoms with E-state index in [2.05, 4.69) is 5.10 Å². The highest BCUT2D eigenvalue weighted by Gasteiger charge is 2.20. The first-order valence-electron chi connectivity index (χ1n) is 6.14. The Morgan fingerprint density at radius 1 is 1.21 bits per heavy atom. The van der Waals surface area contributed by atoms with Gasteiger partial charge in [-0.15, -0.1) is 0 Å². The van der Waals surface area contributed by atoms with Crippen LogP contribution in [0.15, 0.2) is 18.3 Å². The molecule has 0 aliphatic rings. The Balaban J connectivity index is 2.56. The summed E-state index contributed by atoms with van der Waals surface area (Å²) in [6.07, 6.45) is 1.74. The van der Waals surface area contributed by atoms with E-state index in [1.165, 1.54) is 0 Å². The number of hydrogen-bond donors (Lipinski definition) is 0. The van der Waals surface area contributed by atoms with Crippen molar-refractivity contribution in [3.63, 3.8) is 0 Å². The maximum atomic E-state index is 12.6. The Hall–Kier alpha value is -2.10. The van der Waals surface area contributed by atoms with E-state index in [0.29, 0.717) is 16.9 Å². The van der Waals surface area contributed by atoms with E-state index in [9.17, 15) is 4.79 Å². The SMILES string of the molecule is COc1c(C(=O)c2cn(C)nc2C)ccc(C)c1C. The third-order valence-electron chi connectivity index (χ3n) is 3.38. The van der Waals surface area contributed by atoms with Crippen molar-refractivity contribution < 1.29 is 9.53 Å². The van der Waals surface area contributed by atoms with Gasteiger partial charge in [0.05, 0.1) is 23.9 Å². The van der Waals surface area contributed by atoms with Gasteiger partial charge in [0.1, 0.15) is 5.75 Å². The minimum atomic E-state index is -0.0504. The summed E-state index contributed by atoms with van der Waals surface area (Å²) in [7, 11) is 3.40. The van der Waals surface area contributed by atoms with Crippen LogP contribution in [-0.4, -0.2) is 22.7 Å². The zero-order valence-corrected chi connectivity index (χ0v) is 11.9. The number of ether oxygens (including phenoxy) is 1. The van der Waals surface area contributed by atoms with Crippen LogP contribution in [0.1, 0.15) is 32.7 Å². The third-order valence-corrected chi connectivity index (χ3v) is 3.38. The van der Waals surface area contributed by atoms with Gasteiger partial charge in [-0.05, 0) is 38.0 Å². The Morgan fingerprint density at radius 2 is 1.89 bits per heavy atom. The van der Waals surface area contributed by atoms with Gasteiger partial charge in [0, 0.05) is 13.2 Å². The molecule has 0 fully saturated rings. The molecule has 0 aliphatic heterocycles. The fourth-order valence-electron chi connectivity index (χ4n) is 2.20. The van der Waals surface area contributed by atoms with Crippen LogP contribution in [0.2, 0.25) is 0 Å². The summed E-state index contributed by atoms with van der Waals surface area (Å²) in [6, 6.07) is 3.76. The van der Waals surface area contributed by atoms with Gasteiger partial charge in [-0.3, -0.25) is 9.48 Å².